The zero-order chi connectivity index (χ0) is 31.3. The number of nitrogens with two attached hydrogens (primary N) is 1. The Labute approximate surface area is 255 Å². The summed E-state index contributed by atoms with van der Waals surface area (Å²) in [5.41, 5.74) is 10.9. The number of anilines is 2. The Bertz CT molecular complexity index is 1730. The average molecular weight is 590 g/mol. The summed E-state index contributed by atoms with van der Waals surface area (Å²) in [6.07, 6.45) is 0.931. The van der Waals surface area contributed by atoms with Crippen LogP contribution in [-0.2, 0) is 16.0 Å². The first kappa shape index (κ1) is 30.1. The summed E-state index contributed by atoms with van der Waals surface area (Å²) < 4.78 is 0. The van der Waals surface area contributed by atoms with Gasteiger partial charge in [-0.3, -0.25) is 14.5 Å². The maximum absolute atomic E-state index is 14.4. The molecular weight excluding hydrogens is 554 g/mol. The summed E-state index contributed by atoms with van der Waals surface area (Å²) in [5, 5.41) is 27.2. The molecule has 5 rings (SSSR count). The van der Waals surface area contributed by atoms with E-state index in [0.29, 0.717) is 30.0 Å². The first-order valence-corrected chi connectivity index (χ1v) is 14.3. The number of phenolic OH excluding ortho intramolecular Hbond substituents is 1. The third kappa shape index (κ3) is 6.82. The summed E-state index contributed by atoms with van der Waals surface area (Å²) in [7, 11) is 0. The molecule has 0 saturated carbocycles. The number of aromatic nitrogens is 4. The predicted molar refractivity (Wildman–Crippen MR) is 170 cm³/mol. The van der Waals surface area contributed by atoms with Crippen LogP contribution < -0.4 is 16.0 Å². The molecule has 0 bridgehead atoms. The molecule has 10 nitrogen and oxygen atoms in total. The fourth-order valence-electron chi connectivity index (χ4n) is 4.96. The number of carbonyl (C=O) groups is 2. The molecule has 0 radical (unpaired) electrons. The van der Waals surface area contributed by atoms with Gasteiger partial charge in [-0.2, -0.15) is 0 Å². The van der Waals surface area contributed by atoms with Gasteiger partial charge in [0.05, 0.1) is 5.54 Å². The van der Waals surface area contributed by atoms with E-state index < -0.39 is 17.5 Å². The maximum Gasteiger partial charge on any atom is 0.254 e. The highest BCUT2D eigenvalue weighted by Gasteiger charge is 2.32. The number of rotatable bonds is 10. The van der Waals surface area contributed by atoms with Crippen molar-refractivity contribution in [2.24, 2.45) is 5.73 Å². The van der Waals surface area contributed by atoms with Crippen LogP contribution in [0.2, 0.25) is 0 Å². The van der Waals surface area contributed by atoms with Crippen molar-refractivity contribution in [1.82, 2.24) is 25.9 Å². The Balaban J connectivity index is 1.52. The highest BCUT2D eigenvalue weighted by atomic mass is 16.3. The molecule has 0 aliphatic heterocycles. The standard InChI is InChI=1S/C34H35N7O3/c1-22-8-4-5-9-23(22)14-21-30(36-33(44)34(2,3)35)32(43)41(26-17-19-27(42)20-18-26)25-15-12-24(13-16-25)28-10-6-7-11-29(28)31-37-39-40-38-31/h4-13,15-20,30,42H,14,21,35H2,1-3H3,(H,36,44)(H,37,38,39,40)/t30-/m1/s1. The Morgan fingerprint density at radius 1 is 0.909 bits per heavy atom. The maximum atomic E-state index is 14.4. The van der Waals surface area contributed by atoms with Crippen LogP contribution >= 0.6 is 0 Å². The highest BCUT2D eigenvalue weighted by molar-refractivity contribution is 6.05. The van der Waals surface area contributed by atoms with Gasteiger partial charge < -0.3 is 16.2 Å². The second-order valence-electron chi connectivity index (χ2n) is 11.2. The lowest BCUT2D eigenvalue weighted by Crippen LogP contribution is -2.56. The van der Waals surface area contributed by atoms with Crippen molar-refractivity contribution < 1.29 is 14.7 Å². The minimum atomic E-state index is -1.18. The van der Waals surface area contributed by atoms with Crippen molar-refractivity contribution in [1.29, 1.82) is 0 Å². The van der Waals surface area contributed by atoms with E-state index in [2.05, 4.69) is 25.9 Å². The van der Waals surface area contributed by atoms with Crippen molar-refractivity contribution in [2.45, 2.75) is 45.2 Å². The number of amides is 2. The minimum Gasteiger partial charge on any atom is -0.508 e. The van der Waals surface area contributed by atoms with Crippen molar-refractivity contribution in [2.75, 3.05) is 4.90 Å². The molecule has 1 aromatic heterocycles. The van der Waals surface area contributed by atoms with Gasteiger partial charge in [0.25, 0.3) is 5.91 Å². The van der Waals surface area contributed by atoms with Crippen LogP contribution in [0.4, 0.5) is 11.4 Å². The third-order valence-electron chi connectivity index (χ3n) is 7.44. The van der Waals surface area contributed by atoms with Crippen LogP contribution in [0, 0.1) is 6.92 Å². The number of aromatic amines is 1. The lowest BCUT2D eigenvalue weighted by atomic mass is 9.97. The number of aromatic hydroxyl groups is 1. The lowest BCUT2D eigenvalue weighted by Gasteiger charge is -2.30. The average Bonchev–Trinajstić information content (AvgIpc) is 3.56. The number of nitrogens with zero attached hydrogens (tertiary/aromatic N) is 4. The molecule has 5 N–H and O–H groups in total. The SMILES string of the molecule is Cc1ccccc1CC[C@@H](NC(=O)C(C)(C)N)C(=O)N(c1ccc(O)cc1)c1ccc(-c2ccccc2-c2nnn[nH]2)cc1. The largest absolute Gasteiger partial charge is 0.508 e. The molecule has 2 amide bonds. The van der Waals surface area contributed by atoms with Gasteiger partial charge in [0.15, 0.2) is 5.82 Å². The van der Waals surface area contributed by atoms with Crippen LogP contribution in [-0.4, -0.2) is 49.1 Å². The number of carbonyl (C=O) groups excluding carboxylic acids is 2. The van der Waals surface area contributed by atoms with Gasteiger partial charge in [0.1, 0.15) is 11.8 Å². The van der Waals surface area contributed by atoms with E-state index >= 15 is 0 Å². The Morgan fingerprint density at radius 3 is 2.14 bits per heavy atom. The molecule has 4 aromatic carbocycles. The van der Waals surface area contributed by atoms with Gasteiger partial charge in [-0.25, -0.2) is 5.10 Å². The molecule has 0 saturated heterocycles. The molecule has 0 spiro atoms. The number of aryl methyl sites for hydroxylation is 2. The summed E-state index contributed by atoms with van der Waals surface area (Å²) in [4.78, 5) is 29.1. The smallest absolute Gasteiger partial charge is 0.254 e. The lowest BCUT2D eigenvalue weighted by molar-refractivity contribution is -0.130. The zero-order valence-corrected chi connectivity index (χ0v) is 24.9. The van der Waals surface area contributed by atoms with Gasteiger partial charge in [-0.1, -0.05) is 60.7 Å². The third-order valence-corrected chi connectivity index (χ3v) is 7.44. The van der Waals surface area contributed by atoms with E-state index in [-0.39, 0.29) is 11.7 Å². The molecular formula is C34H35N7O3. The Hall–Kier alpha value is -5.35. The molecule has 224 valence electrons. The Kier molecular flexibility index (Phi) is 8.82. The van der Waals surface area contributed by atoms with Crippen LogP contribution in [0.5, 0.6) is 5.75 Å². The predicted octanol–water partition coefficient (Wildman–Crippen LogP) is 5.07. The van der Waals surface area contributed by atoms with Gasteiger partial charge in [0, 0.05) is 16.9 Å². The summed E-state index contributed by atoms with van der Waals surface area (Å²) in [5.74, 6) is -0.146. The monoisotopic (exact) mass is 589 g/mol. The first-order valence-electron chi connectivity index (χ1n) is 14.3. The number of hydrogen-bond donors (Lipinski definition) is 4. The quantitative estimate of drug-likeness (QED) is 0.178. The number of tetrazole rings is 1. The van der Waals surface area contributed by atoms with Crippen molar-refractivity contribution in [3.63, 3.8) is 0 Å². The van der Waals surface area contributed by atoms with Crippen LogP contribution in [0.1, 0.15) is 31.4 Å². The summed E-state index contributed by atoms with van der Waals surface area (Å²) >= 11 is 0. The molecule has 0 unspecified atom stereocenters. The number of hydrogen-bond acceptors (Lipinski definition) is 7. The van der Waals surface area contributed by atoms with Crippen molar-refractivity contribution >= 4 is 23.2 Å². The normalized spacial score (nSPS) is 12.0. The number of phenols is 1. The molecule has 1 atom stereocenters. The topological polar surface area (TPSA) is 150 Å². The second kappa shape index (κ2) is 12.9. The van der Waals surface area contributed by atoms with E-state index in [9.17, 15) is 14.7 Å². The van der Waals surface area contributed by atoms with Gasteiger partial charge in [-0.05, 0) is 103 Å². The van der Waals surface area contributed by atoms with E-state index in [1.54, 1.807) is 30.9 Å². The molecule has 44 heavy (non-hydrogen) atoms. The van der Waals surface area contributed by atoms with Gasteiger partial charge >= 0.3 is 0 Å². The molecule has 0 aliphatic carbocycles. The second-order valence-corrected chi connectivity index (χ2v) is 11.2. The molecule has 0 fully saturated rings. The summed E-state index contributed by atoms with van der Waals surface area (Å²) in [6.45, 7) is 5.23. The Morgan fingerprint density at radius 2 is 1.52 bits per heavy atom. The van der Waals surface area contributed by atoms with E-state index in [1.807, 2.05) is 79.7 Å². The van der Waals surface area contributed by atoms with E-state index in [0.717, 1.165) is 27.8 Å². The van der Waals surface area contributed by atoms with Crippen LogP contribution in [0.15, 0.2) is 97.1 Å². The van der Waals surface area contributed by atoms with E-state index in [1.165, 1.54) is 12.1 Å². The van der Waals surface area contributed by atoms with Crippen LogP contribution in [0.25, 0.3) is 22.5 Å². The molecule has 5 aromatic rings. The van der Waals surface area contributed by atoms with Crippen molar-refractivity contribution in [3.8, 4) is 28.3 Å². The van der Waals surface area contributed by atoms with Crippen molar-refractivity contribution in [3.05, 3.63) is 108 Å². The minimum absolute atomic E-state index is 0.0734. The van der Waals surface area contributed by atoms with Gasteiger partial charge in [-0.15, -0.1) is 5.10 Å². The molecule has 10 heteroatoms. The number of H-pyrrole nitrogens is 1. The zero-order valence-electron chi connectivity index (χ0n) is 24.9. The fraction of sp³-hybridized carbons (Fsp3) is 0.206. The molecule has 1 heterocycles. The number of nitrogens with one attached hydrogen (secondary N) is 2. The highest BCUT2D eigenvalue weighted by Crippen LogP contribution is 2.34. The van der Waals surface area contributed by atoms with Crippen LogP contribution in [0.3, 0.4) is 0 Å². The number of benzene rings is 4. The first-order chi connectivity index (χ1) is 21.1. The molecule has 0 aliphatic rings. The fourth-order valence-corrected chi connectivity index (χ4v) is 4.96. The van der Waals surface area contributed by atoms with Gasteiger partial charge in [0.2, 0.25) is 5.91 Å². The summed E-state index contributed by atoms with van der Waals surface area (Å²) in [6, 6.07) is 28.8. The van der Waals surface area contributed by atoms with E-state index in [4.69, 9.17) is 5.73 Å².